The summed E-state index contributed by atoms with van der Waals surface area (Å²) >= 11 is 0. The van der Waals surface area contributed by atoms with Gasteiger partial charge in [0.25, 0.3) is 5.91 Å². The van der Waals surface area contributed by atoms with Crippen LogP contribution < -0.4 is 10.1 Å². The van der Waals surface area contributed by atoms with Gasteiger partial charge in [0, 0.05) is 11.8 Å². The van der Waals surface area contributed by atoms with Crippen LogP contribution in [0.25, 0.3) is 22.1 Å². The molecule has 0 radical (unpaired) electrons. The van der Waals surface area contributed by atoms with Crippen LogP contribution in [0.5, 0.6) is 5.75 Å². The summed E-state index contributed by atoms with van der Waals surface area (Å²) in [5.41, 5.74) is 3.62. The van der Waals surface area contributed by atoms with Gasteiger partial charge in [-0.2, -0.15) is 5.26 Å². The zero-order valence-electron chi connectivity index (χ0n) is 17.7. The lowest BCUT2D eigenvalue weighted by atomic mass is 9.99. The summed E-state index contributed by atoms with van der Waals surface area (Å²) in [6.07, 6.45) is 0.105. The number of fused-ring (bicyclic) bond motifs is 1. The lowest BCUT2D eigenvalue weighted by Crippen LogP contribution is -2.42. The standard InChI is InChI=1S/C26H20N2O5/c1-32-21-9-10-23-20(13-21)14-24(33-23)25(29)28-22(26(30)31)12-16-5-7-18(8-6-16)19-4-2-3-17(11-19)15-27/h2-11,13-14,22H,12H2,1H3,(H,28,29)(H,30,31)/t22-/m0/s1. The molecule has 0 spiro atoms. The lowest BCUT2D eigenvalue weighted by molar-refractivity contribution is -0.139. The summed E-state index contributed by atoms with van der Waals surface area (Å²) in [5.74, 6) is -1.10. The van der Waals surface area contributed by atoms with Gasteiger partial charge in [0.1, 0.15) is 17.4 Å². The SMILES string of the molecule is COc1ccc2oc(C(=O)N[C@@H](Cc3ccc(-c4cccc(C#N)c4)cc3)C(=O)O)cc2c1. The van der Waals surface area contributed by atoms with Crippen LogP contribution in [0.2, 0.25) is 0 Å². The highest BCUT2D eigenvalue weighted by Gasteiger charge is 2.23. The molecule has 7 heteroatoms. The van der Waals surface area contributed by atoms with Crippen molar-refractivity contribution in [2.45, 2.75) is 12.5 Å². The fourth-order valence-corrected chi connectivity index (χ4v) is 3.53. The van der Waals surface area contributed by atoms with E-state index in [0.717, 1.165) is 16.7 Å². The summed E-state index contributed by atoms with van der Waals surface area (Å²) in [6.45, 7) is 0. The van der Waals surface area contributed by atoms with Crippen molar-refractivity contribution in [2.24, 2.45) is 0 Å². The van der Waals surface area contributed by atoms with Crippen LogP contribution in [0.15, 0.2) is 77.2 Å². The molecule has 0 bridgehead atoms. The Balaban J connectivity index is 1.48. The second-order valence-corrected chi connectivity index (χ2v) is 7.47. The van der Waals surface area contributed by atoms with Gasteiger partial charge >= 0.3 is 5.97 Å². The van der Waals surface area contributed by atoms with Gasteiger partial charge in [-0.15, -0.1) is 0 Å². The van der Waals surface area contributed by atoms with E-state index in [0.29, 0.717) is 22.3 Å². The second kappa shape index (κ2) is 9.28. The van der Waals surface area contributed by atoms with Crippen LogP contribution in [0.1, 0.15) is 21.7 Å². The number of carbonyl (C=O) groups is 2. The fourth-order valence-electron chi connectivity index (χ4n) is 3.53. The third-order valence-electron chi connectivity index (χ3n) is 5.27. The third kappa shape index (κ3) is 4.86. The monoisotopic (exact) mass is 440 g/mol. The highest BCUT2D eigenvalue weighted by molar-refractivity contribution is 5.98. The van der Waals surface area contributed by atoms with E-state index in [2.05, 4.69) is 11.4 Å². The predicted octanol–water partition coefficient (Wildman–Crippen LogP) is 4.41. The Bertz CT molecular complexity index is 1370. The van der Waals surface area contributed by atoms with Crippen molar-refractivity contribution in [2.75, 3.05) is 7.11 Å². The molecule has 1 atom stereocenters. The summed E-state index contributed by atoms with van der Waals surface area (Å²) in [6, 6.07) is 22.2. The van der Waals surface area contributed by atoms with E-state index in [4.69, 9.17) is 14.4 Å². The Hall–Kier alpha value is -4.57. The zero-order chi connectivity index (χ0) is 23.4. The minimum absolute atomic E-state index is 0.0252. The number of rotatable bonds is 7. The minimum Gasteiger partial charge on any atom is -0.497 e. The highest BCUT2D eigenvalue weighted by Crippen LogP contribution is 2.25. The van der Waals surface area contributed by atoms with Crippen molar-refractivity contribution in [3.8, 4) is 22.9 Å². The smallest absolute Gasteiger partial charge is 0.326 e. The predicted molar refractivity (Wildman–Crippen MR) is 122 cm³/mol. The molecule has 2 N–H and O–H groups in total. The van der Waals surface area contributed by atoms with Crippen molar-refractivity contribution in [1.82, 2.24) is 5.32 Å². The molecule has 0 saturated carbocycles. The molecule has 33 heavy (non-hydrogen) atoms. The summed E-state index contributed by atoms with van der Waals surface area (Å²) in [7, 11) is 1.54. The molecule has 4 rings (SSSR count). The quantitative estimate of drug-likeness (QED) is 0.440. The Kier molecular flexibility index (Phi) is 6.09. The number of amides is 1. The Morgan fingerprint density at radius 2 is 1.85 bits per heavy atom. The molecule has 0 aliphatic heterocycles. The third-order valence-corrected chi connectivity index (χ3v) is 5.27. The van der Waals surface area contributed by atoms with Crippen molar-refractivity contribution >= 4 is 22.8 Å². The van der Waals surface area contributed by atoms with E-state index >= 15 is 0 Å². The number of benzene rings is 3. The molecule has 0 saturated heterocycles. The van der Waals surface area contributed by atoms with Gasteiger partial charge in [0.2, 0.25) is 0 Å². The first-order valence-electron chi connectivity index (χ1n) is 10.2. The van der Waals surface area contributed by atoms with Gasteiger partial charge in [0.15, 0.2) is 5.76 Å². The molecule has 0 fully saturated rings. The minimum atomic E-state index is -1.15. The summed E-state index contributed by atoms with van der Waals surface area (Å²) in [4.78, 5) is 24.4. The van der Waals surface area contributed by atoms with Gasteiger partial charge < -0.3 is 19.6 Å². The van der Waals surface area contributed by atoms with E-state index in [9.17, 15) is 14.7 Å². The maximum atomic E-state index is 12.6. The number of ether oxygens (including phenoxy) is 1. The number of nitrogens with one attached hydrogen (secondary N) is 1. The van der Waals surface area contributed by atoms with Crippen LogP contribution in [0, 0.1) is 11.3 Å². The number of nitrogens with zero attached hydrogens (tertiary/aromatic N) is 1. The highest BCUT2D eigenvalue weighted by atomic mass is 16.5. The number of nitriles is 1. The first-order chi connectivity index (χ1) is 16.0. The zero-order valence-corrected chi connectivity index (χ0v) is 17.7. The largest absolute Gasteiger partial charge is 0.497 e. The van der Waals surface area contributed by atoms with Gasteiger partial charge in [0.05, 0.1) is 18.7 Å². The number of carboxylic acid groups (broad SMARTS) is 1. The number of hydrogen-bond acceptors (Lipinski definition) is 5. The number of methoxy groups -OCH3 is 1. The van der Waals surface area contributed by atoms with Crippen LogP contribution >= 0.6 is 0 Å². The number of carboxylic acids is 1. The maximum absolute atomic E-state index is 12.6. The molecule has 7 nitrogen and oxygen atoms in total. The van der Waals surface area contributed by atoms with Crippen LogP contribution in [0.3, 0.4) is 0 Å². The molecule has 164 valence electrons. The van der Waals surface area contributed by atoms with Gasteiger partial charge in [-0.1, -0.05) is 36.4 Å². The molecule has 0 aliphatic rings. The summed E-state index contributed by atoms with van der Waals surface area (Å²) < 4.78 is 10.7. The maximum Gasteiger partial charge on any atom is 0.326 e. The molecule has 1 aromatic heterocycles. The van der Waals surface area contributed by atoms with Crippen molar-refractivity contribution < 1.29 is 23.8 Å². The van der Waals surface area contributed by atoms with Crippen LogP contribution in [0.4, 0.5) is 0 Å². The molecule has 1 heterocycles. The van der Waals surface area contributed by atoms with Crippen molar-refractivity contribution in [1.29, 1.82) is 5.26 Å². The first-order valence-corrected chi connectivity index (χ1v) is 10.2. The Morgan fingerprint density at radius 3 is 2.55 bits per heavy atom. The topological polar surface area (TPSA) is 113 Å². The molecular formula is C26H20N2O5. The second-order valence-electron chi connectivity index (χ2n) is 7.47. The molecule has 1 amide bonds. The molecule has 0 aliphatic carbocycles. The van der Waals surface area contributed by atoms with E-state index < -0.39 is 17.9 Å². The fraction of sp³-hybridized carbons (Fsp3) is 0.115. The number of furan rings is 1. The van der Waals surface area contributed by atoms with Crippen LogP contribution in [-0.2, 0) is 11.2 Å². The van der Waals surface area contributed by atoms with E-state index in [1.807, 2.05) is 36.4 Å². The summed E-state index contributed by atoms with van der Waals surface area (Å²) in [5, 5.41) is 21.9. The first kappa shape index (κ1) is 21.7. The van der Waals surface area contributed by atoms with Crippen molar-refractivity contribution in [3.05, 3.63) is 89.7 Å². The van der Waals surface area contributed by atoms with Crippen molar-refractivity contribution in [3.63, 3.8) is 0 Å². The Morgan fingerprint density at radius 1 is 1.06 bits per heavy atom. The van der Waals surface area contributed by atoms with Crippen LogP contribution in [-0.4, -0.2) is 30.1 Å². The lowest BCUT2D eigenvalue weighted by Gasteiger charge is -2.14. The molecule has 4 aromatic rings. The van der Waals surface area contributed by atoms with Gasteiger partial charge in [-0.3, -0.25) is 4.79 Å². The molecular weight excluding hydrogens is 420 g/mol. The normalized spacial score (nSPS) is 11.5. The average molecular weight is 440 g/mol. The van der Waals surface area contributed by atoms with E-state index in [1.54, 1.807) is 43.5 Å². The Labute approximate surface area is 189 Å². The molecule has 0 unspecified atom stereocenters. The number of carbonyl (C=O) groups excluding carboxylic acids is 1. The van der Waals surface area contributed by atoms with E-state index in [-0.39, 0.29) is 12.2 Å². The van der Waals surface area contributed by atoms with Gasteiger partial charge in [-0.05, 0) is 53.1 Å². The average Bonchev–Trinajstić information content (AvgIpc) is 3.27. The van der Waals surface area contributed by atoms with Gasteiger partial charge in [-0.25, -0.2) is 4.79 Å². The molecule has 3 aromatic carbocycles. The number of hydrogen-bond donors (Lipinski definition) is 2. The van der Waals surface area contributed by atoms with E-state index in [1.165, 1.54) is 0 Å². The number of aliphatic carboxylic acids is 1.